The summed E-state index contributed by atoms with van der Waals surface area (Å²) in [7, 11) is 3.40. The number of nitrogens with one attached hydrogen (secondary N) is 3. The number of amides is 1. The second-order valence-corrected chi connectivity index (χ2v) is 6.94. The SMILES string of the molecule is CN=C(NCCCNC(=O)OC(C)(C)C)NCc1ccc(C)c(OC)c1.I. The largest absolute Gasteiger partial charge is 0.496 e. The Morgan fingerprint density at radius 3 is 2.41 bits per heavy atom. The Labute approximate surface area is 179 Å². The normalized spacial score (nSPS) is 11.3. The molecule has 0 fully saturated rings. The average molecular weight is 492 g/mol. The quantitative estimate of drug-likeness (QED) is 0.236. The van der Waals surface area contributed by atoms with Crippen molar-refractivity contribution < 1.29 is 14.3 Å². The molecule has 0 aliphatic heterocycles. The first-order valence-electron chi connectivity index (χ1n) is 8.80. The summed E-state index contributed by atoms with van der Waals surface area (Å²) in [6, 6.07) is 6.11. The standard InChI is InChI=1S/C19H32N4O3.HI/c1-14-8-9-15(12-16(14)25-6)13-23-17(20-5)21-10-7-11-22-18(24)26-19(2,3)4;/h8-9,12H,7,10-11,13H2,1-6H3,(H,22,24)(H2,20,21,23);1H. The van der Waals surface area contributed by atoms with Gasteiger partial charge in [0, 0.05) is 26.7 Å². The molecule has 0 bridgehead atoms. The van der Waals surface area contributed by atoms with Crippen LogP contribution in [0.3, 0.4) is 0 Å². The number of alkyl carbamates (subject to hydrolysis) is 1. The van der Waals surface area contributed by atoms with Crippen molar-refractivity contribution in [2.45, 2.75) is 46.3 Å². The fourth-order valence-corrected chi connectivity index (χ4v) is 2.18. The van der Waals surface area contributed by atoms with Crippen LogP contribution in [0.4, 0.5) is 4.79 Å². The molecule has 0 saturated carbocycles. The maximum absolute atomic E-state index is 11.5. The summed E-state index contributed by atoms with van der Waals surface area (Å²) in [5, 5.41) is 9.21. The summed E-state index contributed by atoms with van der Waals surface area (Å²) in [5.74, 6) is 1.59. The number of aliphatic imine (C=N–C) groups is 1. The third kappa shape index (κ3) is 10.9. The first-order valence-corrected chi connectivity index (χ1v) is 8.80. The molecule has 1 aromatic rings. The number of nitrogens with zero attached hydrogens (tertiary/aromatic N) is 1. The van der Waals surface area contributed by atoms with Crippen LogP contribution in [-0.2, 0) is 11.3 Å². The van der Waals surface area contributed by atoms with E-state index in [4.69, 9.17) is 9.47 Å². The first-order chi connectivity index (χ1) is 12.2. The molecule has 3 N–H and O–H groups in total. The molecule has 0 atom stereocenters. The second kappa shape index (κ2) is 12.6. The molecule has 0 aromatic heterocycles. The molecule has 7 nitrogen and oxygen atoms in total. The average Bonchev–Trinajstić information content (AvgIpc) is 2.56. The lowest BCUT2D eigenvalue weighted by Crippen LogP contribution is -2.39. The van der Waals surface area contributed by atoms with Gasteiger partial charge in [-0.2, -0.15) is 0 Å². The third-order valence-corrected chi connectivity index (χ3v) is 3.47. The molecular weight excluding hydrogens is 459 g/mol. The highest BCUT2D eigenvalue weighted by molar-refractivity contribution is 14.0. The van der Waals surface area contributed by atoms with Gasteiger partial charge in [0.05, 0.1) is 7.11 Å². The number of benzene rings is 1. The van der Waals surface area contributed by atoms with Crippen molar-refractivity contribution in [1.82, 2.24) is 16.0 Å². The maximum Gasteiger partial charge on any atom is 0.407 e. The van der Waals surface area contributed by atoms with Crippen molar-refractivity contribution in [3.63, 3.8) is 0 Å². The molecule has 154 valence electrons. The van der Waals surface area contributed by atoms with Crippen LogP contribution in [0.2, 0.25) is 0 Å². The van der Waals surface area contributed by atoms with Gasteiger partial charge in [0.2, 0.25) is 0 Å². The second-order valence-electron chi connectivity index (χ2n) is 6.94. The van der Waals surface area contributed by atoms with E-state index in [0.717, 1.165) is 23.3 Å². The van der Waals surface area contributed by atoms with E-state index in [1.54, 1.807) is 14.2 Å². The number of hydrogen-bond donors (Lipinski definition) is 3. The van der Waals surface area contributed by atoms with E-state index < -0.39 is 11.7 Å². The number of carbonyl (C=O) groups excluding carboxylic acids is 1. The number of halogens is 1. The molecule has 0 aliphatic carbocycles. The molecule has 1 amide bonds. The minimum atomic E-state index is -0.479. The number of rotatable bonds is 7. The van der Waals surface area contributed by atoms with Gasteiger partial charge in [-0.25, -0.2) is 4.79 Å². The lowest BCUT2D eigenvalue weighted by molar-refractivity contribution is 0.0527. The Kier molecular flexibility index (Phi) is 11.8. The Hall–Kier alpha value is -1.71. The third-order valence-electron chi connectivity index (χ3n) is 3.47. The van der Waals surface area contributed by atoms with Gasteiger partial charge >= 0.3 is 6.09 Å². The van der Waals surface area contributed by atoms with Gasteiger partial charge in [0.25, 0.3) is 0 Å². The summed E-state index contributed by atoms with van der Waals surface area (Å²) in [6.07, 6.45) is 0.367. The zero-order valence-electron chi connectivity index (χ0n) is 17.1. The van der Waals surface area contributed by atoms with Gasteiger partial charge in [-0.1, -0.05) is 12.1 Å². The van der Waals surface area contributed by atoms with Gasteiger partial charge in [0.1, 0.15) is 11.4 Å². The summed E-state index contributed by atoms with van der Waals surface area (Å²) < 4.78 is 10.5. The highest BCUT2D eigenvalue weighted by Crippen LogP contribution is 2.18. The number of guanidine groups is 1. The van der Waals surface area contributed by atoms with Gasteiger partial charge in [-0.3, -0.25) is 4.99 Å². The van der Waals surface area contributed by atoms with Crippen LogP contribution in [-0.4, -0.2) is 44.9 Å². The summed E-state index contributed by atoms with van der Waals surface area (Å²) in [5.41, 5.74) is 1.74. The highest BCUT2D eigenvalue weighted by Gasteiger charge is 2.15. The number of hydrogen-bond acceptors (Lipinski definition) is 4. The predicted octanol–water partition coefficient (Wildman–Crippen LogP) is 3.20. The molecule has 0 unspecified atom stereocenters. The van der Waals surface area contributed by atoms with E-state index in [0.29, 0.717) is 25.6 Å². The lowest BCUT2D eigenvalue weighted by atomic mass is 10.1. The summed E-state index contributed by atoms with van der Waals surface area (Å²) >= 11 is 0. The van der Waals surface area contributed by atoms with Crippen LogP contribution in [0.15, 0.2) is 23.2 Å². The van der Waals surface area contributed by atoms with Crippen LogP contribution in [0, 0.1) is 6.92 Å². The topological polar surface area (TPSA) is 84.0 Å². The first kappa shape index (κ1) is 25.3. The molecule has 1 aromatic carbocycles. The minimum absolute atomic E-state index is 0. The fourth-order valence-electron chi connectivity index (χ4n) is 2.18. The van der Waals surface area contributed by atoms with Gasteiger partial charge in [-0.05, 0) is 51.3 Å². The zero-order valence-corrected chi connectivity index (χ0v) is 19.5. The molecule has 0 saturated heterocycles. The van der Waals surface area contributed by atoms with Crippen molar-refractivity contribution >= 4 is 36.0 Å². The van der Waals surface area contributed by atoms with E-state index in [1.165, 1.54) is 0 Å². The van der Waals surface area contributed by atoms with Crippen LogP contribution in [0.5, 0.6) is 5.75 Å². The molecule has 27 heavy (non-hydrogen) atoms. The van der Waals surface area contributed by atoms with E-state index in [-0.39, 0.29) is 24.0 Å². The Morgan fingerprint density at radius 2 is 1.81 bits per heavy atom. The zero-order chi connectivity index (χ0) is 19.6. The number of methoxy groups -OCH3 is 1. The van der Waals surface area contributed by atoms with Crippen molar-refractivity contribution in [2.24, 2.45) is 4.99 Å². The number of ether oxygens (including phenoxy) is 2. The van der Waals surface area contributed by atoms with Crippen LogP contribution in [0.1, 0.15) is 38.3 Å². The number of aryl methyl sites for hydroxylation is 1. The van der Waals surface area contributed by atoms with Crippen molar-refractivity contribution in [2.75, 3.05) is 27.2 Å². The smallest absolute Gasteiger partial charge is 0.407 e. The molecule has 8 heteroatoms. The van der Waals surface area contributed by atoms with Crippen LogP contribution < -0.4 is 20.7 Å². The molecule has 0 heterocycles. The summed E-state index contributed by atoms with van der Waals surface area (Å²) in [6.45, 7) is 9.41. The van der Waals surface area contributed by atoms with E-state index in [1.807, 2.05) is 39.8 Å². The van der Waals surface area contributed by atoms with Gasteiger partial charge < -0.3 is 25.4 Å². The Morgan fingerprint density at radius 1 is 1.15 bits per heavy atom. The monoisotopic (exact) mass is 492 g/mol. The molecule has 0 spiro atoms. The van der Waals surface area contributed by atoms with E-state index >= 15 is 0 Å². The Bertz CT molecular complexity index is 615. The molecular formula is C19H33IN4O3. The predicted molar refractivity (Wildman–Crippen MR) is 120 cm³/mol. The van der Waals surface area contributed by atoms with Crippen molar-refractivity contribution in [1.29, 1.82) is 0 Å². The lowest BCUT2D eigenvalue weighted by Gasteiger charge is -2.19. The van der Waals surface area contributed by atoms with Crippen molar-refractivity contribution in [3.8, 4) is 5.75 Å². The van der Waals surface area contributed by atoms with Gasteiger partial charge in [-0.15, -0.1) is 24.0 Å². The molecule has 0 aliphatic rings. The Balaban J connectivity index is 0.00000676. The molecule has 0 radical (unpaired) electrons. The molecule has 1 rings (SSSR count). The van der Waals surface area contributed by atoms with Crippen molar-refractivity contribution in [3.05, 3.63) is 29.3 Å². The summed E-state index contributed by atoms with van der Waals surface area (Å²) in [4.78, 5) is 15.7. The fraction of sp³-hybridized carbons (Fsp3) is 0.579. The van der Waals surface area contributed by atoms with Crippen LogP contribution >= 0.6 is 24.0 Å². The number of carbonyl (C=O) groups is 1. The highest BCUT2D eigenvalue weighted by atomic mass is 127. The van der Waals surface area contributed by atoms with Gasteiger partial charge in [0.15, 0.2) is 5.96 Å². The maximum atomic E-state index is 11.5. The van der Waals surface area contributed by atoms with E-state index in [9.17, 15) is 4.79 Å². The van der Waals surface area contributed by atoms with E-state index in [2.05, 4.69) is 27.0 Å². The van der Waals surface area contributed by atoms with Crippen LogP contribution in [0.25, 0.3) is 0 Å². The minimum Gasteiger partial charge on any atom is -0.496 e.